The minimum Gasteiger partial charge on any atom is -0.389 e. The summed E-state index contributed by atoms with van der Waals surface area (Å²) in [6, 6.07) is 2.78. The Morgan fingerprint density at radius 3 is 2.62 bits per heavy atom. The maximum absolute atomic E-state index is 12.7. The first-order chi connectivity index (χ1) is 9.79. The van der Waals surface area contributed by atoms with Gasteiger partial charge in [0.05, 0.1) is 23.0 Å². The Labute approximate surface area is 126 Å². The number of hydrogen-bond donors (Lipinski definition) is 2. The second-order valence-corrected chi connectivity index (χ2v) is 5.27. The molecule has 0 aliphatic heterocycles. The Bertz CT molecular complexity index is 684. The van der Waals surface area contributed by atoms with Gasteiger partial charge in [-0.3, -0.25) is 9.78 Å². The Balaban J connectivity index is 2.35. The molecule has 1 heterocycles. The fourth-order valence-corrected chi connectivity index (χ4v) is 2.23. The number of hydrogen-bond acceptors (Lipinski definition) is 4. The van der Waals surface area contributed by atoms with Crippen LogP contribution in [0.25, 0.3) is 0 Å². The lowest BCUT2D eigenvalue weighted by Gasteiger charge is -2.13. The minimum absolute atomic E-state index is 0.0438. The van der Waals surface area contributed by atoms with E-state index in [2.05, 4.69) is 10.3 Å². The van der Waals surface area contributed by atoms with Crippen LogP contribution in [0.5, 0.6) is 0 Å². The molecule has 3 N–H and O–H groups in total. The van der Waals surface area contributed by atoms with Crippen LogP contribution in [0, 0.1) is 0 Å². The summed E-state index contributed by atoms with van der Waals surface area (Å²) in [6.07, 6.45) is -3.16. The molecule has 21 heavy (non-hydrogen) atoms. The normalized spacial score (nSPS) is 11.2. The smallest absolute Gasteiger partial charge is 0.389 e. The first-order valence-electron chi connectivity index (χ1n) is 5.50. The zero-order valence-electron chi connectivity index (χ0n) is 10.3. The molecule has 0 bridgehead atoms. The van der Waals surface area contributed by atoms with Gasteiger partial charge in [0, 0.05) is 5.56 Å². The van der Waals surface area contributed by atoms with Crippen molar-refractivity contribution in [2.24, 2.45) is 5.73 Å². The number of benzene rings is 1. The van der Waals surface area contributed by atoms with Gasteiger partial charge >= 0.3 is 6.18 Å². The van der Waals surface area contributed by atoms with Crippen molar-refractivity contribution in [3.63, 3.8) is 0 Å². The van der Waals surface area contributed by atoms with Gasteiger partial charge in [-0.15, -0.1) is 11.3 Å². The number of nitrogens with one attached hydrogen (secondary N) is 1. The summed E-state index contributed by atoms with van der Waals surface area (Å²) in [7, 11) is 0. The lowest BCUT2D eigenvalue weighted by Crippen LogP contribution is -2.18. The molecule has 2 aromatic rings. The van der Waals surface area contributed by atoms with E-state index in [1.54, 1.807) is 0 Å². The molecule has 0 radical (unpaired) electrons. The summed E-state index contributed by atoms with van der Waals surface area (Å²) in [4.78, 5) is 15.7. The van der Waals surface area contributed by atoms with E-state index in [-0.39, 0.29) is 16.2 Å². The van der Waals surface area contributed by atoms with Gasteiger partial charge in [0.25, 0.3) is 5.91 Å². The number of amides is 1. The summed E-state index contributed by atoms with van der Waals surface area (Å²) in [6.45, 7) is 0. The summed E-state index contributed by atoms with van der Waals surface area (Å²) < 4.78 is 38.0. The third-order valence-corrected chi connectivity index (χ3v) is 3.51. The van der Waals surface area contributed by atoms with Crippen molar-refractivity contribution in [2.45, 2.75) is 6.18 Å². The number of nitrogens with zero attached hydrogens (tertiary/aromatic N) is 1. The molecular weight excluding hydrogens is 323 g/mol. The van der Waals surface area contributed by atoms with Crippen LogP contribution < -0.4 is 11.1 Å². The molecule has 0 saturated heterocycles. The minimum atomic E-state index is -4.51. The summed E-state index contributed by atoms with van der Waals surface area (Å²) in [5, 5.41) is 2.47. The van der Waals surface area contributed by atoms with E-state index in [0.717, 1.165) is 29.5 Å². The van der Waals surface area contributed by atoms with Crippen molar-refractivity contribution in [1.29, 1.82) is 0 Å². The van der Waals surface area contributed by atoms with Gasteiger partial charge in [0.2, 0.25) is 0 Å². The quantitative estimate of drug-likeness (QED) is 0.848. The van der Waals surface area contributed by atoms with Crippen molar-refractivity contribution in [3.8, 4) is 0 Å². The SMILES string of the molecule is NC(=S)c1cc(C(F)(F)F)ccc1NC(=O)c1cncs1. The summed E-state index contributed by atoms with van der Waals surface area (Å²) >= 11 is 5.84. The van der Waals surface area contributed by atoms with Crippen LogP contribution in [-0.4, -0.2) is 15.9 Å². The molecule has 0 fully saturated rings. The lowest BCUT2D eigenvalue weighted by atomic mass is 10.1. The van der Waals surface area contributed by atoms with E-state index in [0.29, 0.717) is 4.88 Å². The number of carbonyl (C=O) groups excluding carboxylic acids is 1. The highest BCUT2D eigenvalue weighted by Crippen LogP contribution is 2.32. The van der Waals surface area contributed by atoms with E-state index >= 15 is 0 Å². The molecule has 9 heteroatoms. The number of alkyl halides is 3. The van der Waals surface area contributed by atoms with Crippen molar-refractivity contribution < 1.29 is 18.0 Å². The monoisotopic (exact) mass is 331 g/mol. The maximum atomic E-state index is 12.7. The van der Waals surface area contributed by atoms with Gasteiger partial charge in [-0.05, 0) is 18.2 Å². The van der Waals surface area contributed by atoms with Gasteiger partial charge in [-0.2, -0.15) is 13.2 Å². The average Bonchev–Trinajstić information content (AvgIpc) is 2.91. The Hall–Kier alpha value is -2.00. The molecule has 0 atom stereocenters. The van der Waals surface area contributed by atoms with Crippen LogP contribution >= 0.6 is 23.6 Å². The predicted molar refractivity (Wildman–Crippen MR) is 77.4 cm³/mol. The standard InChI is InChI=1S/C12H8F3N3OS2/c13-12(14,15)6-1-2-8(7(3-6)10(16)20)18-11(19)9-4-17-5-21-9/h1-5H,(H2,16,20)(H,18,19). The van der Waals surface area contributed by atoms with E-state index in [1.165, 1.54) is 11.7 Å². The van der Waals surface area contributed by atoms with Crippen LogP contribution in [0.4, 0.5) is 18.9 Å². The number of thiocarbonyl (C=S) groups is 1. The molecule has 2 rings (SSSR count). The number of aromatic nitrogens is 1. The topological polar surface area (TPSA) is 68.0 Å². The summed E-state index contributed by atoms with van der Waals surface area (Å²) in [5.74, 6) is -0.491. The largest absolute Gasteiger partial charge is 0.416 e. The number of thiazole rings is 1. The maximum Gasteiger partial charge on any atom is 0.416 e. The van der Waals surface area contributed by atoms with Crippen LogP contribution in [-0.2, 0) is 6.18 Å². The number of halogens is 3. The molecular formula is C12H8F3N3OS2. The number of carbonyl (C=O) groups is 1. The zero-order chi connectivity index (χ0) is 15.6. The highest BCUT2D eigenvalue weighted by atomic mass is 32.1. The van der Waals surface area contributed by atoms with Crippen LogP contribution in [0.3, 0.4) is 0 Å². The second kappa shape index (κ2) is 5.78. The molecule has 0 aliphatic rings. The predicted octanol–water partition coefficient (Wildman–Crippen LogP) is 3.05. The van der Waals surface area contributed by atoms with Crippen molar-refractivity contribution >= 4 is 40.1 Å². The van der Waals surface area contributed by atoms with Crippen molar-refractivity contribution in [3.05, 3.63) is 45.9 Å². The number of nitrogens with two attached hydrogens (primary N) is 1. The van der Waals surface area contributed by atoms with Gasteiger partial charge in [-0.25, -0.2) is 0 Å². The molecule has 110 valence electrons. The fraction of sp³-hybridized carbons (Fsp3) is 0.0833. The van der Waals surface area contributed by atoms with E-state index in [9.17, 15) is 18.0 Å². The van der Waals surface area contributed by atoms with Gasteiger partial charge in [0.15, 0.2) is 0 Å². The van der Waals surface area contributed by atoms with E-state index < -0.39 is 17.6 Å². The highest BCUT2D eigenvalue weighted by molar-refractivity contribution is 7.80. The first-order valence-corrected chi connectivity index (χ1v) is 6.78. The Kier molecular flexibility index (Phi) is 4.24. The van der Waals surface area contributed by atoms with Crippen LogP contribution in [0.15, 0.2) is 29.9 Å². The average molecular weight is 331 g/mol. The Morgan fingerprint density at radius 1 is 1.38 bits per heavy atom. The van der Waals surface area contributed by atoms with E-state index in [4.69, 9.17) is 18.0 Å². The first kappa shape index (κ1) is 15.4. The molecule has 0 aliphatic carbocycles. The van der Waals surface area contributed by atoms with Crippen LogP contribution in [0.2, 0.25) is 0 Å². The number of anilines is 1. The second-order valence-electron chi connectivity index (χ2n) is 3.94. The third-order valence-electron chi connectivity index (χ3n) is 2.52. The van der Waals surface area contributed by atoms with Gasteiger partial charge in [0.1, 0.15) is 9.87 Å². The third kappa shape index (κ3) is 3.56. The molecule has 1 aromatic carbocycles. The Morgan fingerprint density at radius 2 is 2.10 bits per heavy atom. The van der Waals surface area contributed by atoms with Crippen LogP contribution in [0.1, 0.15) is 20.8 Å². The number of rotatable bonds is 3. The van der Waals surface area contributed by atoms with Crippen molar-refractivity contribution in [2.75, 3.05) is 5.32 Å². The molecule has 0 spiro atoms. The molecule has 1 amide bonds. The van der Waals surface area contributed by atoms with E-state index in [1.807, 2.05) is 0 Å². The highest BCUT2D eigenvalue weighted by Gasteiger charge is 2.31. The summed E-state index contributed by atoms with van der Waals surface area (Å²) in [5.41, 5.74) is 6.08. The molecule has 0 saturated carbocycles. The molecule has 4 nitrogen and oxygen atoms in total. The van der Waals surface area contributed by atoms with Crippen molar-refractivity contribution in [1.82, 2.24) is 4.98 Å². The van der Waals surface area contributed by atoms with Gasteiger partial charge in [-0.1, -0.05) is 12.2 Å². The zero-order valence-corrected chi connectivity index (χ0v) is 11.9. The fourth-order valence-electron chi connectivity index (χ4n) is 1.55. The molecule has 1 aromatic heterocycles. The lowest BCUT2D eigenvalue weighted by molar-refractivity contribution is -0.137. The molecule has 0 unspecified atom stereocenters. The van der Waals surface area contributed by atoms with Gasteiger partial charge < -0.3 is 11.1 Å².